The van der Waals surface area contributed by atoms with Crippen molar-refractivity contribution in [3.63, 3.8) is 0 Å². The summed E-state index contributed by atoms with van der Waals surface area (Å²) >= 11 is 1.46. The number of carboxylic acid groups (broad SMARTS) is 1. The smallest absolute Gasteiger partial charge is 0.321 e. The number of thioether (sulfide) groups is 1. The highest BCUT2D eigenvalue weighted by Gasteiger charge is 2.27. The van der Waals surface area contributed by atoms with Gasteiger partial charge in [0.25, 0.3) is 5.69 Å². The third-order valence-electron chi connectivity index (χ3n) is 3.26. The van der Waals surface area contributed by atoms with E-state index in [1.54, 1.807) is 12.1 Å². The molecule has 0 spiro atoms. The van der Waals surface area contributed by atoms with Crippen LogP contribution in [0.1, 0.15) is 36.5 Å². The number of carboxylic acids is 1. The SMILES string of the molecule is O=C(O)[C@@H](SC1CCCC1)c1ccc([N+](=O)[O-])cc1. The Balaban J connectivity index is 2.13. The maximum Gasteiger partial charge on any atom is 0.321 e. The number of aliphatic carboxylic acids is 1. The molecule has 1 fully saturated rings. The van der Waals surface area contributed by atoms with Crippen LogP contribution in [0.4, 0.5) is 5.69 Å². The molecule has 0 aliphatic heterocycles. The molecule has 5 nitrogen and oxygen atoms in total. The predicted octanol–water partition coefficient (Wildman–Crippen LogP) is 3.40. The zero-order valence-corrected chi connectivity index (χ0v) is 11.1. The van der Waals surface area contributed by atoms with Crippen molar-refractivity contribution in [1.29, 1.82) is 0 Å². The van der Waals surface area contributed by atoms with E-state index >= 15 is 0 Å². The van der Waals surface area contributed by atoms with Crippen LogP contribution in [0.25, 0.3) is 0 Å². The molecule has 1 atom stereocenters. The number of hydrogen-bond acceptors (Lipinski definition) is 4. The van der Waals surface area contributed by atoms with Crippen LogP contribution in [0.15, 0.2) is 24.3 Å². The fourth-order valence-corrected chi connectivity index (χ4v) is 3.69. The van der Waals surface area contributed by atoms with Crippen LogP contribution in [-0.4, -0.2) is 21.2 Å². The highest BCUT2D eigenvalue weighted by Crippen LogP contribution is 2.39. The van der Waals surface area contributed by atoms with E-state index < -0.39 is 16.1 Å². The Labute approximate surface area is 115 Å². The van der Waals surface area contributed by atoms with Crippen LogP contribution in [-0.2, 0) is 4.79 Å². The highest BCUT2D eigenvalue weighted by molar-refractivity contribution is 8.00. The number of nitro groups is 1. The van der Waals surface area contributed by atoms with Crippen molar-refractivity contribution < 1.29 is 14.8 Å². The summed E-state index contributed by atoms with van der Waals surface area (Å²) in [5.41, 5.74) is 0.605. The van der Waals surface area contributed by atoms with Gasteiger partial charge in [-0.3, -0.25) is 14.9 Å². The standard InChI is InChI=1S/C13H15NO4S/c15-13(16)12(19-11-3-1-2-4-11)9-5-7-10(8-6-9)14(17)18/h5-8,11-12H,1-4H2,(H,15,16)/t12-/m0/s1. The summed E-state index contributed by atoms with van der Waals surface area (Å²) < 4.78 is 0. The van der Waals surface area contributed by atoms with Crippen LogP contribution in [0, 0.1) is 10.1 Å². The van der Waals surface area contributed by atoms with E-state index in [0.29, 0.717) is 10.8 Å². The second-order valence-corrected chi connectivity index (χ2v) is 6.02. The van der Waals surface area contributed by atoms with Gasteiger partial charge < -0.3 is 5.11 Å². The molecule has 1 aliphatic rings. The molecule has 0 aromatic heterocycles. The summed E-state index contributed by atoms with van der Waals surface area (Å²) in [4.78, 5) is 21.4. The summed E-state index contributed by atoms with van der Waals surface area (Å²) in [6, 6.07) is 5.80. The lowest BCUT2D eigenvalue weighted by molar-refractivity contribution is -0.384. The van der Waals surface area contributed by atoms with Crippen molar-refractivity contribution in [3.8, 4) is 0 Å². The maximum absolute atomic E-state index is 11.4. The van der Waals surface area contributed by atoms with Crippen LogP contribution in [0.3, 0.4) is 0 Å². The summed E-state index contributed by atoms with van der Waals surface area (Å²) in [6.07, 6.45) is 4.43. The van der Waals surface area contributed by atoms with Crippen molar-refractivity contribution in [1.82, 2.24) is 0 Å². The molecule has 0 bridgehead atoms. The molecule has 1 N–H and O–H groups in total. The van der Waals surface area contributed by atoms with Crippen molar-refractivity contribution in [2.24, 2.45) is 0 Å². The van der Waals surface area contributed by atoms with E-state index in [2.05, 4.69) is 0 Å². The first-order valence-electron chi connectivity index (χ1n) is 6.20. The average Bonchev–Trinajstić information content (AvgIpc) is 2.88. The Morgan fingerprint density at radius 2 is 1.89 bits per heavy atom. The number of non-ortho nitro benzene ring substituents is 1. The van der Waals surface area contributed by atoms with Crippen LogP contribution in [0.2, 0.25) is 0 Å². The second kappa shape index (κ2) is 6.06. The molecule has 0 radical (unpaired) electrons. The molecule has 0 amide bonds. The average molecular weight is 281 g/mol. The monoisotopic (exact) mass is 281 g/mol. The Hall–Kier alpha value is -1.56. The number of rotatable bonds is 5. The van der Waals surface area contributed by atoms with Gasteiger partial charge in [-0.05, 0) is 18.4 Å². The quantitative estimate of drug-likeness (QED) is 0.661. The first kappa shape index (κ1) is 13.9. The molecule has 0 heterocycles. The van der Waals surface area contributed by atoms with Gasteiger partial charge in [0.15, 0.2) is 0 Å². The minimum Gasteiger partial charge on any atom is -0.480 e. The highest BCUT2D eigenvalue weighted by atomic mass is 32.2. The third kappa shape index (κ3) is 3.47. The van der Waals surface area contributed by atoms with Crippen molar-refractivity contribution >= 4 is 23.4 Å². The van der Waals surface area contributed by atoms with Gasteiger partial charge >= 0.3 is 5.97 Å². The predicted molar refractivity (Wildman–Crippen MR) is 73.3 cm³/mol. The number of nitrogens with zero attached hydrogens (tertiary/aromatic N) is 1. The Morgan fingerprint density at radius 1 is 1.32 bits per heavy atom. The van der Waals surface area contributed by atoms with Gasteiger partial charge in [0.1, 0.15) is 5.25 Å². The number of hydrogen-bond donors (Lipinski definition) is 1. The van der Waals surface area contributed by atoms with Gasteiger partial charge in [-0.25, -0.2) is 0 Å². The largest absolute Gasteiger partial charge is 0.480 e. The van der Waals surface area contributed by atoms with E-state index in [-0.39, 0.29) is 5.69 Å². The molecular formula is C13H15NO4S. The van der Waals surface area contributed by atoms with E-state index in [1.165, 1.54) is 23.9 Å². The molecular weight excluding hydrogens is 266 g/mol. The van der Waals surface area contributed by atoms with Gasteiger partial charge in [0.2, 0.25) is 0 Å². The van der Waals surface area contributed by atoms with E-state index in [4.69, 9.17) is 0 Å². The maximum atomic E-state index is 11.4. The Bertz CT molecular complexity index is 468. The summed E-state index contributed by atoms with van der Waals surface area (Å²) in [5, 5.41) is 19.6. The Morgan fingerprint density at radius 3 is 2.37 bits per heavy atom. The van der Waals surface area contributed by atoms with Crippen molar-refractivity contribution in [3.05, 3.63) is 39.9 Å². The van der Waals surface area contributed by atoms with Gasteiger partial charge in [-0.15, -0.1) is 11.8 Å². The van der Waals surface area contributed by atoms with Crippen LogP contribution >= 0.6 is 11.8 Å². The van der Waals surface area contributed by atoms with E-state index in [0.717, 1.165) is 25.7 Å². The lowest BCUT2D eigenvalue weighted by Crippen LogP contribution is -2.11. The minimum absolute atomic E-state index is 0.0150. The molecule has 102 valence electrons. The lowest BCUT2D eigenvalue weighted by atomic mass is 10.1. The normalized spacial score (nSPS) is 17.3. The summed E-state index contributed by atoms with van der Waals surface area (Å²) in [5.74, 6) is -0.884. The van der Waals surface area contributed by atoms with Gasteiger partial charge in [0, 0.05) is 17.4 Å². The number of benzene rings is 1. The molecule has 1 saturated carbocycles. The van der Waals surface area contributed by atoms with E-state index in [1.807, 2.05) is 0 Å². The zero-order valence-electron chi connectivity index (χ0n) is 10.3. The molecule has 19 heavy (non-hydrogen) atoms. The van der Waals surface area contributed by atoms with Crippen LogP contribution < -0.4 is 0 Å². The fraction of sp³-hybridized carbons (Fsp3) is 0.462. The first-order chi connectivity index (χ1) is 9.08. The summed E-state index contributed by atoms with van der Waals surface area (Å²) in [7, 11) is 0. The molecule has 1 aromatic rings. The van der Waals surface area contributed by atoms with Crippen LogP contribution in [0.5, 0.6) is 0 Å². The van der Waals surface area contributed by atoms with Crippen molar-refractivity contribution in [2.45, 2.75) is 36.2 Å². The fourth-order valence-electron chi connectivity index (χ4n) is 2.27. The summed E-state index contributed by atoms with van der Waals surface area (Å²) in [6.45, 7) is 0. The molecule has 2 rings (SSSR count). The zero-order chi connectivity index (χ0) is 13.8. The topological polar surface area (TPSA) is 80.4 Å². The van der Waals surface area contributed by atoms with Gasteiger partial charge in [-0.2, -0.15) is 0 Å². The number of carbonyl (C=O) groups is 1. The molecule has 1 aliphatic carbocycles. The Kier molecular flexibility index (Phi) is 4.42. The van der Waals surface area contributed by atoms with Crippen molar-refractivity contribution in [2.75, 3.05) is 0 Å². The molecule has 6 heteroatoms. The molecule has 1 aromatic carbocycles. The first-order valence-corrected chi connectivity index (χ1v) is 7.15. The van der Waals surface area contributed by atoms with Gasteiger partial charge in [-0.1, -0.05) is 25.0 Å². The van der Waals surface area contributed by atoms with E-state index in [9.17, 15) is 20.0 Å². The lowest BCUT2D eigenvalue weighted by Gasteiger charge is -2.16. The molecule has 0 saturated heterocycles. The second-order valence-electron chi connectivity index (χ2n) is 4.61. The molecule has 0 unspecified atom stereocenters. The minimum atomic E-state index is -0.884. The number of nitro benzene ring substituents is 1. The third-order valence-corrected chi connectivity index (χ3v) is 4.86. The van der Waals surface area contributed by atoms with Gasteiger partial charge in [0.05, 0.1) is 4.92 Å².